The molecule has 0 aliphatic carbocycles. The lowest BCUT2D eigenvalue weighted by atomic mass is 10.0. The topological polar surface area (TPSA) is 141 Å². The number of carbonyl (C=O) groups is 3. The van der Waals surface area contributed by atoms with Crippen molar-refractivity contribution in [3.05, 3.63) is 33.9 Å². The number of nitro groups is 1. The van der Waals surface area contributed by atoms with Crippen LogP contribution in [0.25, 0.3) is 0 Å². The number of carbonyl (C=O) groups excluding carboxylic acids is 3. The summed E-state index contributed by atoms with van der Waals surface area (Å²) >= 11 is 0. The molecule has 28 heavy (non-hydrogen) atoms. The largest absolute Gasteiger partial charge is 0.475 e. The first-order valence-corrected chi connectivity index (χ1v) is 7.54. The van der Waals surface area contributed by atoms with Crippen molar-refractivity contribution in [2.24, 2.45) is 10.2 Å². The van der Waals surface area contributed by atoms with Gasteiger partial charge in [-0.05, 0) is 12.1 Å². The van der Waals surface area contributed by atoms with Crippen molar-refractivity contribution in [1.82, 2.24) is 5.06 Å². The number of benzene rings is 1. The molecular weight excluding hydrogens is 393 g/mol. The Kier molecular flexibility index (Phi) is 4.48. The highest BCUT2D eigenvalue weighted by Gasteiger charge is 2.65. The Morgan fingerprint density at radius 3 is 2.36 bits per heavy atom. The number of nitro benzene ring substituents is 1. The zero-order valence-corrected chi connectivity index (χ0v) is 13.6. The summed E-state index contributed by atoms with van der Waals surface area (Å²) in [7, 11) is 0. The van der Waals surface area contributed by atoms with E-state index in [0.717, 1.165) is 12.1 Å². The molecule has 0 radical (unpaired) electrons. The normalized spacial score (nSPS) is 17.6. The van der Waals surface area contributed by atoms with Gasteiger partial charge in [0.25, 0.3) is 11.8 Å². The summed E-state index contributed by atoms with van der Waals surface area (Å²) in [6.07, 6.45) is -5.13. The van der Waals surface area contributed by atoms with Gasteiger partial charge in [0.05, 0.1) is 4.92 Å². The zero-order valence-electron chi connectivity index (χ0n) is 13.6. The molecule has 0 bridgehead atoms. The van der Waals surface area contributed by atoms with Crippen LogP contribution in [0.3, 0.4) is 0 Å². The van der Waals surface area contributed by atoms with Gasteiger partial charge in [-0.3, -0.25) is 19.7 Å². The van der Waals surface area contributed by atoms with Crippen LogP contribution in [0.2, 0.25) is 0 Å². The van der Waals surface area contributed by atoms with E-state index in [2.05, 4.69) is 15.1 Å². The second-order valence-electron chi connectivity index (χ2n) is 5.64. The number of amides is 2. The van der Waals surface area contributed by atoms with Gasteiger partial charge in [0.2, 0.25) is 0 Å². The van der Waals surface area contributed by atoms with Crippen molar-refractivity contribution >= 4 is 23.5 Å². The lowest BCUT2D eigenvalue weighted by Gasteiger charge is -2.15. The predicted octanol–water partition coefficient (Wildman–Crippen LogP) is 1.76. The fraction of sp³-hybridized carbons (Fsp3) is 0.357. The van der Waals surface area contributed by atoms with E-state index in [4.69, 9.17) is 4.74 Å². The van der Waals surface area contributed by atoms with E-state index in [1.165, 1.54) is 0 Å². The van der Waals surface area contributed by atoms with Gasteiger partial charge in [-0.2, -0.15) is 13.2 Å². The van der Waals surface area contributed by atoms with Crippen LogP contribution in [-0.4, -0.2) is 40.6 Å². The average Bonchev–Trinajstić information content (AvgIpc) is 3.38. The Morgan fingerprint density at radius 1 is 1.25 bits per heavy atom. The van der Waals surface area contributed by atoms with Crippen molar-refractivity contribution in [3.8, 4) is 5.75 Å². The van der Waals surface area contributed by atoms with Crippen molar-refractivity contribution in [3.63, 3.8) is 0 Å². The van der Waals surface area contributed by atoms with E-state index in [0.29, 0.717) is 6.07 Å². The molecule has 0 atom stereocenters. The molecule has 0 unspecified atom stereocenters. The van der Waals surface area contributed by atoms with Gasteiger partial charge < -0.3 is 9.57 Å². The molecule has 2 aliphatic heterocycles. The monoisotopic (exact) mass is 402 g/mol. The van der Waals surface area contributed by atoms with Crippen LogP contribution in [0.1, 0.15) is 18.4 Å². The molecule has 2 aliphatic rings. The van der Waals surface area contributed by atoms with Crippen LogP contribution in [-0.2, 0) is 24.9 Å². The summed E-state index contributed by atoms with van der Waals surface area (Å²) < 4.78 is 44.0. The Labute approximate surface area is 152 Å². The van der Waals surface area contributed by atoms with Crippen molar-refractivity contribution in [2.75, 3.05) is 6.61 Å². The maximum atomic E-state index is 13.0. The highest BCUT2D eigenvalue weighted by atomic mass is 19.4. The Morgan fingerprint density at radius 2 is 1.86 bits per heavy atom. The smallest absolute Gasteiger partial charge is 0.442 e. The van der Waals surface area contributed by atoms with E-state index < -0.39 is 58.2 Å². The molecule has 0 N–H and O–H groups in total. The maximum absolute atomic E-state index is 13.0. The number of rotatable bonds is 6. The van der Waals surface area contributed by atoms with Crippen LogP contribution in [0.5, 0.6) is 5.75 Å². The molecule has 1 saturated heterocycles. The number of hydrogen-bond donors (Lipinski definition) is 0. The molecule has 1 aromatic carbocycles. The number of imide groups is 1. The Bertz CT molecular complexity index is 893. The van der Waals surface area contributed by atoms with E-state index in [-0.39, 0.29) is 17.9 Å². The Balaban J connectivity index is 1.72. The molecule has 3 rings (SSSR count). The zero-order chi connectivity index (χ0) is 20.7. The van der Waals surface area contributed by atoms with Gasteiger partial charge in [-0.25, -0.2) is 4.79 Å². The summed E-state index contributed by atoms with van der Waals surface area (Å²) in [4.78, 5) is 49.0. The second kappa shape index (κ2) is 6.54. The van der Waals surface area contributed by atoms with Crippen LogP contribution in [0, 0.1) is 10.1 Å². The van der Waals surface area contributed by atoms with Crippen molar-refractivity contribution in [1.29, 1.82) is 0 Å². The van der Waals surface area contributed by atoms with Gasteiger partial charge in [-0.15, -0.1) is 15.3 Å². The summed E-state index contributed by atoms with van der Waals surface area (Å²) in [6, 6.07) is 2.31. The minimum absolute atomic E-state index is 0.128. The lowest BCUT2D eigenvalue weighted by molar-refractivity contribution is -0.386. The molecule has 0 saturated carbocycles. The van der Waals surface area contributed by atoms with Crippen LogP contribution >= 0.6 is 0 Å². The second-order valence-corrected chi connectivity index (χ2v) is 5.64. The van der Waals surface area contributed by atoms with Gasteiger partial charge in [0.15, 0.2) is 12.4 Å². The van der Waals surface area contributed by atoms with E-state index in [9.17, 15) is 37.7 Å². The van der Waals surface area contributed by atoms with Crippen LogP contribution < -0.4 is 4.74 Å². The summed E-state index contributed by atoms with van der Waals surface area (Å²) in [6.45, 7) is -0.934. The van der Waals surface area contributed by atoms with Gasteiger partial charge in [0, 0.05) is 24.5 Å². The van der Waals surface area contributed by atoms with Gasteiger partial charge in [-0.1, -0.05) is 0 Å². The van der Waals surface area contributed by atoms with Crippen molar-refractivity contribution < 1.29 is 42.1 Å². The molecule has 0 aromatic heterocycles. The third-order valence-electron chi connectivity index (χ3n) is 3.80. The molecule has 1 fully saturated rings. The first-order chi connectivity index (χ1) is 13.0. The summed E-state index contributed by atoms with van der Waals surface area (Å²) in [5.74, 6) is -3.20. The molecule has 0 spiro atoms. The number of hydrogen-bond acceptors (Lipinski definition) is 9. The first kappa shape index (κ1) is 19.2. The predicted molar refractivity (Wildman–Crippen MR) is 78.4 cm³/mol. The Hall–Kier alpha value is -3.58. The highest BCUT2D eigenvalue weighted by Crippen LogP contribution is 2.53. The number of hydroxylamine groups is 2. The van der Waals surface area contributed by atoms with Crippen molar-refractivity contribution in [2.45, 2.75) is 24.7 Å². The molecule has 2 amide bonds. The van der Waals surface area contributed by atoms with E-state index >= 15 is 0 Å². The molecule has 1 aromatic rings. The lowest BCUT2D eigenvalue weighted by Crippen LogP contribution is -2.34. The molecular formula is C14H9F3N4O7. The number of halogens is 3. The molecule has 14 heteroatoms. The maximum Gasteiger partial charge on any atom is 0.442 e. The third-order valence-corrected chi connectivity index (χ3v) is 3.80. The quantitative estimate of drug-likeness (QED) is 0.401. The number of nitrogens with zero attached hydrogens (tertiary/aromatic N) is 4. The fourth-order valence-electron chi connectivity index (χ4n) is 2.36. The van der Waals surface area contributed by atoms with Crippen LogP contribution in [0.4, 0.5) is 18.9 Å². The summed E-state index contributed by atoms with van der Waals surface area (Å²) in [5.41, 5.74) is -4.31. The SMILES string of the molecule is O=C(COc1ccc(C2(C(F)(F)F)N=N2)cc1[N+](=O)[O-])ON1C(=O)CCC1=O. The summed E-state index contributed by atoms with van der Waals surface area (Å²) in [5, 5.41) is 17.3. The van der Waals surface area contributed by atoms with E-state index in [1.54, 1.807) is 0 Å². The number of alkyl halides is 3. The minimum atomic E-state index is -4.87. The van der Waals surface area contributed by atoms with Gasteiger partial charge >= 0.3 is 23.5 Å². The average molecular weight is 402 g/mol. The fourth-order valence-corrected chi connectivity index (χ4v) is 2.36. The van der Waals surface area contributed by atoms with E-state index in [1.807, 2.05) is 0 Å². The highest BCUT2D eigenvalue weighted by molar-refractivity contribution is 6.01. The molecule has 148 valence electrons. The third kappa shape index (κ3) is 3.35. The minimum Gasteiger partial charge on any atom is -0.475 e. The molecule has 2 heterocycles. The van der Waals surface area contributed by atoms with Crippen LogP contribution in [0.15, 0.2) is 28.4 Å². The van der Waals surface area contributed by atoms with Gasteiger partial charge in [0.1, 0.15) is 0 Å². The molecule has 11 nitrogen and oxygen atoms in total. The number of ether oxygens (including phenoxy) is 1. The first-order valence-electron chi connectivity index (χ1n) is 7.54. The standard InChI is InChI=1S/C14H9F3N4O7/c15-14(16,17)13(18-19-13)7-1-2-9(8(5-7)21(25)26)27-6-12(24)28-20-10(22)3-4-11(20)23/h1-2,5H,3-4,6H2.